The van der Waals surface area contributed by atoms with E-state index in [1.807, 2.05) is 11.6 Å². The minimum atomic E-state index is 0.269. The molecule has 94 valence electrons. The Hall–Kier alpha value is -1.39. The van der Waals surface area contributed by atoms with E-state index < -0.39 is 0 Å². The third kappa shape index (κ3) is 2.54. The lowest BCUT2D eigenvalue weighted by atomic mass is 10.1. The van der Waals surface area contributed by atoms with Gasteiger partial charge in [-0.15, -0.1) is 11.3 Å². The third-order valence-electron chi connectivity index (χ3n) is 3.14. The fraction of sp³-hybridized carbons (Fsp3) is 0.357. The van der Waals surface area contributed by atoms with Crippen molar-refractivity contribution in [1.82, 2.24) is 9.88 Å². The van der Waals surface area contributed by atoms with E-state index in [1.165, 1.54) is 5.56 Å². The van der Waals surface area contributed by atoms with Gasteiger partial charge in [0.1, 0.15) is 11.9 Å². The van der Waals surface area contributed by atoms with Crippen LogP contribution in [0.2, 0.25) is 0 Å². The van der Waals surface area contributed by atoms with Gasteiger partial charge in [0, 0.05) is 24.9 Å². The molecule has 0 bridgehead atoms. The van der Waals surface area contributed by atoms with Crippen LogP contribution < -0.4 is 4.74 Å². The van der Waals surface area contributed by atoms with Crippen LogP contribution in [0.15, 0.2) is 35.2 Å². The van der Waals surface area contributed by atoms with Crippen LogP contribution in [0.1, 0.15) is 11.3 Å². The largest absolute Gasteiger partial charge is 0.488 e. The monoisotopic (exact) mass is 260 g/mol. The first-order valence-electron chi connectivity index (χ1n) is 6.11. The van der Waals surface area contributed by atoms with Crippen molar-refractivity contribution in [2.75, 3.05) is 13.6 Å². The smallest absolute Gasteiger partial charge is 0.123 e. The molecule has 4 heteroatoms. The maximum absolute atomic E-state index is 5.94. The topological polar surface area (TPSA) is 25.4 Å². The molecule has 1 aliphatic rings. The van der Waals surface area contributed by atoms with Crippen molar-refractivity contribution >= 4 is 11.3 Å². The minimum absolute atomic E-state index is 0.269. The highest BCUT2D eigenvalue weighted by Gasteiger charge is 2.23. The van der Waals surface area contributed by atoms with Gasteiger partial charge in [0.05, 0.1) is 11.2 Å². The van der Waals surface area contributed by atoms with Crippen molar-refractivity contribution in [1.29, 1.82) is 0 Å². The molecule has 0 saturated heterocycles. The first-order valence-corrected chi connectivity index (χ1v) is 7.06. The lowest BCUT2D eigenvalue weighted by molar-refractivity contribution is 0.164. The van der Waals surface area contributed by atoms with Crippen LogP contribution in [0.4, 0.5) is 0 Å². The molecule has 3 nitrogen and oxygen atoms in total. The molecule has 1 aliphatic heterocycles. The molecule has 0 spiro atoms. The Labute approximate surface area is 111 Å². The number of thiazole rings is 1. The Morgan fingerprint density at radius 3 is 3.11 bits per heavy atom. The Bertz CT molecular complexity index is 487. The van der Waals surface area contributed by atoms with E-state index in [2.05, 4.69) is 40.5 Å². The zero-order valence-corrected chi connectivity index (χ0v) is 11.2. The van der Waals surface area contributed by atoms with Gasteiger partial charge in [-0.25, -0.2) is 4.98 Å². The second-order valence-corrected chi connectivity index (χ2v) is 5.45. The summed E-state index contributed by atoms with van der Waals surface area (Å²) >= 11 is 1.65. The summed E-state index contributed by atoms with van der Waals surface area (Å²) in [5.41, 5.74) is 4.34. The van der Waals surface area contributed by atoms with E-state index in [9.17, 15) is 0 Å². The molecule has 18 heavy (non-hydrogen) atoms. The predicted octanol–water partition coefficient (Wildman–Crippen LogP) is 2.58. The summed E-state index contributed by atoms with van der Waals surface area (Å²) in [6.07, 6.45) is 1.28. The number of rotatable bonds is 4. The molecule has 1 atom stereocenters. The van der Waals surface area contributed by atoms with Gasteiger partial charge < -0.3 is 4.74 Å². The molecule has 0 amide bonds. The van der Waals surface area contributed by atoms with Crippen LogP contribution in [-0.4, -0.2) is 29.6 Å². The number of aromatic nitrogens is 1. The fourth-order valence-corrected chi connectivity index (χ4v) is 2.91. The van der Waals surface area contributed by atoms with E-state index in [4.69, 9.17) is 4.74 Å². The van der Waals surface area contributed by atoms with Crippen molar-refractivity contribution in [2.45, 2.75) is 19.1 Å². The molecule has 0 unspecified atom stereocenters. The highest BCUT2D eigenvalue weighted by atomic mass is 32.1. The van der Waals surface area contributed by atoms with Crippen LogP contribution in [0.3, 0.4) is 0 Å². The van der Waals surface area contributed by atoms with Crippen LogP contribution in [0.5, 0.6) is 5.75 Å². The number of hydrogen-bond donors (Lipinski definition) is 0. The number of nitrogens with zero attached hydrogens (tertiary/aromatic N) is 2. The summed E-state index contributed by atoms with van der Waals surface area (Å²) in [5.74, 6) is 1.05. The van der Waals surface area contributed by atoms with Crippen LogP contribution >= 0.6 is 11.3 Å². The Morgan fingerprint density at radius 2 is 2.33 bits per heavy atom. The molecular formula is C14H16N2OS. The average Bonchev–Trinajstić information content (AvgIpc) is 2.96. The van der Waals surface area contributed by atoms with Crippen molar-refractivity contribution in [3.8, 4) is 5.75 Å². The van der Waals surface area contributed by atoms with Gasteiger partial charge in [-0.2, -0.15) is 0 Å². The van der Waals surface area contributed by atoms with Crippen molar-refractivity contribution in [3.63, 3.8) is 0 Å². The number of para-hydroxylation sites is 1. The van der Waals surface area contributed by atoms with Crippen LogP contribution in [0.25, 0.3) is 0 Å². The molecule has 0 aliphatic carbocycles. The van der Waals surface area contributed by atoms with Crippen molar-refractivity contribution < 1.29 is 4.74 Å². The zero-order chi connectivity index (χ0) is 12.4. The lowest BCUT2D eigenvalue weighted by Crippen LogP contribution is -2.31. The molecule has 0 fully saturated rings. The van der Waals surface area contributed by atoms with Crippen LogP contribution in [-0.2, 0) is 13.0 Å². The molecule has 3 rings (SSSR count). The highest BCUT2D eigenvalue weighted by Crippen LogP contribution is 2.28. The van der Waals surface area contributed by atoms with Gasteiger partial charge in [-0.05, 0) is 18.7 Å². The van der Waals surface area contributed by atoms with Crippen LogP contribution in [0, 0.1) is 0 Å². The van der Waals surface area contributed by atoms with Crippen molar-refractivity contribution in [3.05, 3.63) is 46.4 Å². The Balaban J connectivity index is 1.56. The number of hydrogen-bond acceptors (Lipinski definition) is 4. The summed E-state index contributed by atoms with van der Waals surface area (Å²) in [4.78, 5) is 6.58. The highest BCUT2D eigenvalue weighted by molar-refractivity contribution is 7.07. The molecular weight excluding hydrogens is 244 g/mol. The maximum atomic E-state index is 5.94. The minimum Gasteiger partial charge on any atom is -0.488 e. The Morgan fingerprint density at radius 1 is 1.44 bits per heavy atom. The number of fused-ring (bicyclic) bond motifs is 1. The lowest BCUT2D eigenvalue weighted by Gasteiger charge is -2.19. The van der Waals surface area contributed by atoms with E-state index in [1.54, 1.807) is 11.3 Å². The Kier molecular flexibility index (Phi) is 3.30. The summed E-state index contributed by atoms with van der Waals surface area (Å²) in [7, 11) is 2.12. The maximum Gasteiger partial charge on any atom is 0.123 e. The first kappa shape index (κ1) is 11.7. The molecule has 2 heterocycles. The van der Waals surface area contributed by atoms with Gasteiger partial charge in [-0.3, -0.25) is 4.90 Å². The number of ether oxygens (including phenoxy) is 1. The summed E-state index contributed by atoms with van der Waals surface area (Å²) in [6.45, 7) is 1.83. The fourth-order valence-electron chi connectivity index (χ4n) is 2.36. The van der Waals surface area contributed by atoms with Gasteiger partial charge in [0.25, 0.3) is 0 Å². The molecule has 1 aromatic heterocycles. The number of likely N-dealkylation sites (N-methyl/N-ethyl adjacent to an activating group) is 1. The molecule has 0 N–H and O–H groups in total. The molecule has 1 aromatic carbocycles. The quantitative estimate of drug-likeness (QED) is 0.845. The second kappa shape index (κ2) is 5.08. The zero-order valence-electron chi connectivity index (χ0n) is 10.4. The van der Waals surface area contributed by atoms with Gasteiger partial charge >= 0.3 is 0 Å². The van der Waals surface area contributed by atoms with Gasteiger partial charge in [-0.1, -0.05) is 18.2 Å². The number of benzene rings is 1. The van der Waals surface area contributed by atoms with Gasteiger partial charge in [0.15, 0.2) is 0 Å². The molecule has 2 aromatic rings. The third-order valence-corrected chi connectivity index (χ3v) is 3.78. The summed E-state index contributed by atoms with van der Waals surface area (Å²) < 4.78 is 5.94. The molecule has 0 saturated carbocycles. The van der Waals surface area contributed by atoms with E-state index in [-0.39, 0.29) is 6.10 Å². The summed E-state index contributed by atoms with van der Waals surface area (Å²) in [6, 6.07) is 8.30. The van der Waals surface area contributed by atoms with Crippen molar-refractivity contribution in [2.24, 2.45) is 0 Å². The van der Waals surface area contributed by atoms with E-state index >= 15 is 0 Å². The predicted molar refractivity (Wildman–Crippen MR) is 73.0 cm³/mol. The molecule has 0 radical (unpaired) electrons. The normalized spacial score (nSPS) is 17.8. The average molecular weight is 260 g/mol. The standard InChI is InChI=1S/C14H16N2OS/c1-16(7-12-9-18-10-15-12)8-13-6-11-4-2-3-5-14(11)17-13/h2-5,9-10,13H,6-8H2,1H3/t13-/m1/s1. The summed E-state index contributed by atoms with van der Waals surface area (Å²) in [5, 5.41) is 2.10. The SMILES string of the molecule is CN(Cc1cscn1)C[C@H]1Cc2ccccc2O1. The second-order valence-electron chi connectivity index (χ2n) is 4.73. The van der Waals surface area contributed by atoms with E-state index in [0.717, 1.165) is 31.0 Å². The van der Waals surface area contributed by atoms with E-state index in [0.29, 0.717) is 0 Å². The first-order chi connectivity index (χ1) is 8.81. The van der Waals surface area contributed by atoms with Gasteiger partial charge in [0.2, 0.25) is 0 Å².